The summed E-state index contributed by atoms with van der Waals surface area (Å²) < 4.78 is 0. The van der Waals surface area contributed by atoms with Gasteiger partial charge in [-0.05, 0) is 40.8 Å². The van der Waals surface area contributed by atoms with E-state index in [1.807, 2.05) is 24.3 Å². The van der Waals surface area contributed by atoms with E-state index in [4.69, 9.17) is 0 Å². The van der Waals surface area contributed by atoms with Gasteiger partial charge in [0.1, 0.15) is 11.5 Å². The number of pyridine rings is 1. The predicted octanol–water partition coefficient (Wildman–Crippen LogP) is 3.84. The quantitative estimate of drug-likeness (QED) is 0.722. The molecule has 2 N–H and O–H groups in total. The molecule has 138 valence electrons. The zero-order valence-electron chi connectivity index (χ0n) is 15.7. The number of nitrogens with one attached hydrogen (secondary N) is 2. The zero-order valence-corrected chi connectivity index (χ0v) is 15.7. The molecular formula is C21H23N5O. The summed E-state index contributed by atoms with van der Waals surface area (Å²) in [5, 5.41) is 6.01. The number of nitrogens with zero attached hydrogens (tertiary/aromatic N) is 3. The molecule has 1 amide bonds. The second kappa shape index (κ2) is 7.95. The molecule has 0 saturated carbocycles. The molecule has 0 aliphatic carbocycles. The van der Waals surface area contributed by atoms with E-state index >= 15 is 0 Å². The molecule has 1 aromatic carbocycles. The van der Waals surface area contributed by atoms with Gasteiger partial charge in [0.15, 0.2) is 0 Å². The van der Waals surface area contributed by atoms with Crippen LogP contribution in [0.25, 0.3) is 0 Å². The Morgan fingerprint density at radius 1 is 0.963 bits per heavy atom. The highest BCUT2D eigenvalue weighted by molar-refractivity contribution is 5.92. The van der Waals surface area contributed by atoms with Crippen LogP contribution in [0.3, 0.4) is 0 Å². The summed E-state index contributed by atoms with van der Waals surface area (Å²) in [5.74, 6) is 0.324. The molecule has 2 aromatic heterocycles. The van der Waals surface area contributed by atoms with Crippen molar-refractivity contribution in [2.24, 2.45) is 0 Å². The molecule has 0 fully saturated rings. The highest BCUT2D eigenvalue weighted by atomic mass is 16.1. The van der Waals surface area contributed by atoms with Gasteiger partial charge in [0.05, 0.1) is 12.4 Å². The van der Waals surface area contributed by atoms with Crippen LogP contribution in [0.2, 0.25) is 0 Å². The van der Waals surface area contributed by atoms with E-state index < -0.39 is 0 Å². The van der Waals surface area contributed by atoms with Gasteiger partial charge in [-0.15, -0.1) is 0 Å². The highest BCUT2D eigenvalue weighted by Crippen LogP contribution is 2.24. The SMILES string of the molecule is CC(C)(C)c1ccc(Nc2cnc(C(=O)NCc3ccncc3)cn2)cc1. The molecule has 2 heterocycles. The van der Waals surface area contributed by atoms with E-state index in [1.54, 1.807) is 18.6 Å². The lowest BCUT2D eigenvalue weighted by atomic mass is 9.87. The number of hydrogen-bond donors (Lipinski definition) is 2. The summed E-state index contributed by atoms with van der Waals surface area (Å²) >= 11 is 0. The first-order valence-electron chi connectivity index (χ1n) is 8.78. The topological polar surface area (TPSA) is 79.8 Å². The van der Waals surface area contributed by atoms with E-state index in [9.17, 15) is 4.79 Å². The van der Waals surface area contributed by atoms with E-state index in [0.29, 0.717) is 12.4 Å². The number of aromatic nitrogens is 3. The normalized spacial score (nSPS) is 11.1. The predicted molar refractivity (Wildman–Crippen MR) is 106 cm³/mol. The van der Waals surface area contributed by atoms with Gasteiger partial charge in [-0.1, -0.05) is 32.9 Å². The van der Waals surface area contributed by atoms with Gasteiger partial charge in [0, 0.05) is 24.6 Å². The number of carbonyl (C=O) groups excluding carboxylic acids is 1. The van der Waals surface area contributed by atoms with Crippen LogP contribution < -0.4 is 10.6 Å². The van der Waals surface area contributed by atoms with Crippen molar-refractivity contribution in [3.63, 3.8) is 0 Å². The van der Waals surface area contributed by atoms with Crippen LogP contribution in [0.4, 0.5) is 11.5 Å². The Labute approximate surface area is 159 Å². The fraction of sp³-hybridized carbons (Fsp3) is 0.238. The van der Waals surface area contributed by atoms with Crippen molar-refractivity contribution in [2.75, 3.05) is 5.32 Å². The third kappa shape index (κ3) is 5.10. The van der Waals surface area contributed by atoms with Crippen LogP contribution in [-0.4, -0.2) is 20.9 Å². The summed E-state index contributed by atoms with van der Waals surface area (Å²) in [6.45, 7) is 6.96. The first-order chi connectivity index (χ1) is 12.9. The molecule has 3 rings (SSSR count). The largest absolute Gasteiger partial charge is 0.347 e. The van der Waals surface area contributed by atoms with Gasteiger partial charge in [-0.2, -0.15) is 0 Å². The molecule has 0 aliphatic rings. The third-order valence-electron chi connectivity index (χ3n) is 4.11. The Morgan fingerprint density at radius 3 is 2.26 bits per heavy atom. The minimum atomic E-state index is -0.264. The minimum absolute atomic E-state index is 0.115. The molecule has 0 radical (unpaired) electrons. The Morgan fingerprint density at radius 2 is 1.67 bits per heavy atom. The van der Waals surface area contributed by atoms with Crippen molar-refractivity contribution in [2.45, 2.75) is 32.7 Å². The van der Waals surface area contributed by atoms with Crippen LogP contribution in [0.15, 0.2) is 61.2 Å². The summed E-state index contributed by atoms with van der Waals surface area (Å²) in [4.78, 5) is 24.6. The maximum atomic E-state index is 12.2. The van der Waals surface area contributed by atoms with Gasteiger partial charge in [-0.3, -0.25) is 9.78 Å². The Kier molecular flexibility index (Phi) is 5.45. The number of amides is 1. The van der Waals surface area contributed by atoms with E-state index in [-0.39, 0.29) is 17.0 Å². The van der Waals surface area contributed by atoms with E-state index in [1.165, 1.54) is 11.8 Å². The van der Waals surface area contributed by atoms with Crippen molar-refractivity contribution in [1.82, 2.24) is 20.3 Å². The average molecular weight is 361 g/mol. The van der Waals surface area contributed by atoms with Crippen LogP contribution in [0, 0.1) is 0 Å². The molecule has 0 saturated heterocycles. The van der Waals surface area contributed by atoms with Gasteiger partial charge in [0.2, 0.25) is 0 Å². The standard InChI is InChI=1S/C21H23N5O/c1-21(2,3)16-4-6-17(7-5-16)26-19-14-23-18(13-24-19)20(27)25-12-15-8-10-22-11-9-15/h4-11,13-14H,12H2,1-3H3,(H,24,26)(H,25,27). The fourth-order valence-corrected chi connectivity index (χ4v) is 2.48. The lowest BCUT2D eigenvalue weighted by Gasteiger charge is -2.19. The smallest absolute Gasteiger partial charge is 0.271 e. The van der Waals surface area contributed by atoms with Crippen LogP contribution in [-0.2, 0) is 12.0 Å². The zero-order chi connectivity index (χ0) is 19.3. The van der Waals surface area contributed by atoms with E-state index in [0.717, 1.165) is 11.3 Å². The van der Waals surface area contributed by atoms with E-state index in [2.05, 4.69) is 58.5 Å². The molecule has 0 bridgehead atoms. The first kappa shape index (κ1) is 18.5. The van der Waals surface area contributed by atoms with Gasteiger partial charge < -0.3 is 10.6 Å². The molecule has 0 spiro atoms. The molecule has 6 heteroatoms. The second-order valence-corrected chi connectivity index (χ2v) is 7.28. The Hall–Kier alpha value is -3.28. The summed E-state index contributed by atoms with van der Waals surface area (Å²) in [7, 11) is 0. The summed E-state index contributed by atoms with van der Waals surface area (Å²) in [5.41, 5.74) is 3.55. The molecule has 27 heavy (non-hydrogen) atoms. The van der Waals surface area contributed by atoms with Crippen molar-refractivity contribution in [3.05, 3.63) is 78.0 Å². The Balaban J connectivity index is 1.59. The maximum Gasteiger partial charge on any atom is 0.271 e. The monoisotopic (exact) mass is 361 g/mol. The fourth-order valence-electron chi connectivity index (χ4n) is 2.48. The third-order valence-corrected chi connectivity index (χ3v) is 4.11. The molecular weight excluding hydrogens is 338 g/mol. The van der Waals surface area contributed by atoms with Crippen molar-refractivity contribution in [1.29, 1.82) is 0 Å². The van der Waals surface area contributed by atoms with Crippen molar-refractivity contribution >= 4 is 17.4 Å². The van der Waals surface area contributed by atoms with Gasteiger partial charge in [-0.25, -0.2) is 9.97 Å². The van der Waals surface area contributed by atoms with Crippen LogP contribution in [0.1, 0.15) is 42.4 Å². The number of anilines is 2. The number of benzene rings is 1. The lowest BCUT2D eigenvalue weighted by Crippen LogP contribution is -2.24. The molecule has 6 nitrogen and oxygen atoms in total. The molecule has 0 atom stereocenters. The summed E-state index contributed by atoms with van der Waals surface area (Å²) in [6.07, 6.45) is 6.40. The van der Waals surface area contributed by atoms with Crippen LogP contribution in [0.5, 0.6) is 0 Å². The van der Waals surface area contributed by atoms with Crippen molar-refractivity contribution < 1.29 is 4.79 Å². The van der Waals surface area contributed by atoms with Crippen LogP contribution >= 0.6 is 0 Å². The number of rotatable bonds is 5. The van der Waals surface area contributed by atoms with Gasteiger partial charge in [0.25, 0.3) is 5.91 Å². The first-order valence-corrected chi connectivity index (χ1v) is 8.78. The average Bonchev–Trinajstić information content (AvgIpc) is 2.67. The highest BCUT2D eigenvalue weighted by Gasteiger charge is 2.13. The summed E-state index contributed by atoms with van der Waals surface area (Å²) in [6, 6.07) is 11.9. The Bertz CT molecular complexity index is 885. The second-order valence-electron chi connectivity index (χ2n) is 7.28. The molecule has 0 aliphatic heterocycles. The lowest BCUT2D eigenvalue weighted by molar-refractivity contribution is 0.0945. The van der Waals surface area contributed by atoms with Gasteiger partial charge >= 0.3 is 0 Å². The van der Waals surface area contributed by atoms with Crippen molar-refractivity contribution in [3.8, 4) is 0 Å². The number of hydrogen-bond acceptors (Lipinski definition) is 5. The maximum absolute atomic E-state index is 12.2. The molecule has 3 aromatic rings. The molecule has 0 unspecified atom stereocenters. The minimum Gasteiger partial charge on any atom is -0.347 e. The number of carbonyl (C=O) groups is 1.